The van der Waals surface area contributed by atoms with Crippen molar-refractivity contribution in [2.75, 3.05) is 43.4 Å². The standard InChI is InChI=1S/C19H32N4O3S.ClH/c1-4-11-21-17-8-7-16(27(25,26)23(5-2)6-3)14-18(17)22-19(24)15-9-12-20-13-10-15;/h7-8,14-15,20-21H,4-6,9-13H2,1-3H3,(H,22,24);1H. The molecule has 0 spiro atoms. The predicted molar refractivity (Wildman–Crippen MR) is 117 cm³/mol. The highest BCUT2D eigenvalue weighted by atomic mass is 35.5. The first-order valence-electron chi connectivity index (χ1n) is 9.83. The van der Waals surface area contributed by atoms with Gasteiger partial charge in [-0.05, 0) is 50.6 Å². The van der Waals surface area contributed by atoms with Gasteiger partial charge >= 0.3 is 0 Å². The SMILES string of the molecule is CCCNc1ccc(S(=O)(=O)N(CC)CC)cc1NC(=O)C1CCNCC1.Cl. The molecule has 0 aliphatic carbocycles. The van der Waals surface area contributed by atoms with Gasteiger partial charge in [0.15, 0.2) is 0 Å². The molecule has 1 heterocycles. The zero-order valence-electron chi connectivity index (χ0n) is 17.0. The summed E-state index contributed by atoms with van der Waals surface area (Å²) in [4.78, 5) is 12.9. The van der Waals surface area contributed by atoms with Gasteiger partial charge in [0.05, 0.1) is 16.3 Å². The van der Waals surface area contributed by atoms with Crippen LogP contribution in [0.3, 0.4) is 0 Å². The Labute approximate surface area is 175 Å². The van der Waals surface area contributed by atoms with E-state index in [1.165, 1.54) is 4.31 Å². The van der Waals surface area contributed by atoms with Crippen LogP contribution in [0.15, 0.2) is 23.1 Å². The van der Waals surface area contributed by atoms with Crippen LogP contribution in [-0.2, 0) is 14.8 Å². The minimum Gasteiger partial charge on any atom is -0.383 e. The average molecular weight is 433 g/mol. The summed E-state index contributed by atoms with van der Waals surface area (Å²) in [5.74, 6) is -0.0956. The van der Waals surface area contributed by atoms with Crippen LogP contribution < -0.4 is 16.0 Å². The fourth-order valence-corrected chi connectivity index (χ4v) is 4.72. The molecular formula is C19H33ClN4O3S. The minimum absolute atomic E-state index is 0. The molecular weight excluding hydrogens is 400 g/mol. The van der Waals surface area contributed by atoms with Gasteiger partial charge in [0, 0.05) is 25.6 Å². The molecule has 0 unspecified atom stereocenters. The van der Waals surface area contributed by atoms with Crippen molar-refractivity contribution in [3.8, 4) is 0 Å². The van der Waals surface area contributed by atoms with E-state index in [0.29, 0.717) is 18.8 Å². The quantitative estimate of drug-likeness (QED) is 0.558. The Bertz CT molecular complexity index is 733. The molecule has 28 heavy (non-hydrogen) atoms. The third-order valence-electron chi connectivity index (χ3n) is 4.87. The zero-order valence-corrected chi connectivity index (χ0v) is 18.6. The molecule has 2 rings (SSSR count). The van der Waals surface area contributed by atoms with Gasteiger partial charge in [-0.25, -0.2) is 8.42 Å². The molecule has 0 bridgehead atoms. The monoisotopic (exact) mass is 432 g/mol. The zero-order chi connectivity index (χ0) is 19.9. The summed E-state index contributed by atoms with van der Waals surface area (Å²) < 4.78 is 27.1. The summed E-state index contributed by atoms with van der Waals surface area (Å²) >= 11 is 0. The molecule has 0 radical (unpaired) electrons. The molecule has 7 nitrogen and oxygen atoms in total. The lowest BCUT2D eigenvalue weighted by molar-refractivity contribution is -0.120. The second-order valence-corrected chi connectivity index (χ2v) is 8.67. The molecule has 9 heteroatoms. The van der Waals surface area contributed by atoms with E-state index in [9.17, 15) is 13.2 Å². The second kappa shape index (κ2) is 11.6. The van der Waals surface area contributed by atoms with Crippen LogP contribution in [0.25, 0.3) is 0 Å². The number of anilines is 2. The molecule has 1 amide bonds. The van der Waals surface area contributed by atoms with Crippen molar-refractivity contribution in [1.82, 2.24) is 9.62 Å². The number of carbonyl (C=O) groups is 1. The van der Waals surface area contributed by atoms with E-state index < -0.39 is 10.0 Å². The number of sulfonamides is 1. The summed E-state index contributed by atoms with van der Waals surface area (Å²) in [6.07, 6.45) is 2.52. The molecule has 1 aromatic rings. The first-order chi connectivity index (χ1) is 12.9. The van der Waals surface area contributed by atoms with E-state index in [0.717, 1.165) is 44.6 Å². The molecule has 0 saturated carbocycles. The first-order valence-corrected chi connectivity index (χ1v) is 11.3. The molecule has 3 N–H and O–H groups in total. The number of amides is 1. The Morgan fingerprint density at radius 1 is 1.14 bits per heavy atom. The van der Waals surface area contributed by atoms with Crippen LogP contribution in [0, 0.1) is 5.92 Å². The van der Waals surface area contributed by atoms with Crippen molar-refractivity contribution in [3.05, 3.63) is 18.2 Å². The Morgan fingerprint density at radius 3 is 2.36 bits per heavy atom. The van der Waals surface area contributed by atoms with E-state index >= 15 is 0 Å². The Balaban J connectivity index is 0.00000392. The van der Waals surface area contributed by atoms with Crippen molar-refractivity contribution in [2.24, 2.45) is 5.92 Å². The lowest BCUT2D eigenvalue weighted by Gasteiger charge is -2.23. The number of hydrogen-bond acceptors (Lipinski definition) is 5. The van der Waals surface area contributed by atoms with Crippen molar-refractivity contribution >= 4 is 39.7 Å². The average Bonchev–Trinajstić information content (AvgIpc) is 2.68. The highest BCUT2D eigenvalue weighted by molar-refractivity contribution is 7.89. The van der Waals surface area contributed by atoms with E-state index in [-0.39, 0.29) is 29.1 Å². The third kappa shape index (κ3) is 6.07. The third-order valence-corrected chi connectivity index (χ3v) is 6.91. The summed E-state index contributed by atoms with van der Waals surface area (Å²) in [6.45, 7) is 8.91. The summed E-state index contributed by atoms with van der Waals surface area (Å²) in [7, 11) is -3.58. The Morgan fingerprint density at radius 2 is 1.79 bits per heavy atom. The molecule has 160 valence electrons. The number of rotatable bonds is 9. The highest BCUT2D eigenvalue weighted by Gasteiger charge is 2.25. The highest BCUT2D eigenvalue weighted by Crippen LogP contribution is 2.28. The van der Waals surface area contributed by atoms with Gasteiger partial charge in [-0.1, -0.05) is 20.8 Å². The molecule has 1 fully saturated rings. The van der Waals surface area contributed by atoms with E-state index in [2.05, 4.69) is 22.9 Å². The van der Waals surface area contributed by atoms with Crippen LogP contribution in [0.2, 0.25) is 0 Å². The number of piperidine rings is 1. The smallest absolute Gasteiger partial charge is 0.243 e. The second-order valence-electron chi connectivity index (χ2n) is 6.74. The van der Waals surface area contributed by atoms with Crippen LogP contribution in [-0.4, -0.2) is 51.4 Å². The molecule has 1 aromatic carbocycles. The summed E-state index contributed by atoms with van der Waals surface area (Å²) in [5, 5.41) is 9.49. The lowest BCUT2D eigenvalue weighted by Crippen LogP contribution is -2.35. The number of nitrogens with zero attached hydrogens (tertiary/aromatic N) is 1. The van der Waals surface area contributed by atoms with Crippen molar-refractivity contribution in [1.29, 1.82) is 0 Å². The van der Waals surface area contributed by atoms with Crippen molar-refractivity contribution in [2.45, 2.75) is 44.9 Å². The lowest BCUT2D eigenvalue weighted by atomic mass is 9.97. The van der Waals surface area contributed by atoms with Crippen LogP contribution in [0.5, 0.6) is 0 Å². The number of carbonyl (C=O) groups excluding carboxylic acids is 1. The predicted octanol–water partition coefficient (Wildman–Crippen LogP) is 2.90. The van der Waals surface area contributed by atoms with Gasteiger partial charge < -0.3 is 16.0 Å². The number of benzene rings is 1. The maximum Gasteiger partial charge on any atom is 0.243 e. The van der Waals surface area contributed by atoms with Gasteiger partial charge in [-0.15, -0.1) is 12.4 Å². The number of halogens is 1. The van der Waals surface area contributed by atoms with Gasteiger partial charge in [0.25, 0.3) is 0 Å². The topological polar surface area (TPSA) is 90.5 Å². The van der Waals surface area contributed by atoms with Gasteiger partial charge in [-0.2, -0.15) is 4.31 Å². The van der Waals surface area contributed by atoms with Crippen LogP contribution >= 0.6 is 12.4 Å². The van der Waals surface area contributed by atoms with E-state index in [1.54, 1.807) is 18.2 Å². The minimum atomic E-state index is -3.58. The maximum absolute atomic E-state index is 12.8. The van der Waals surface area contributed by atoms with E-state index in [4.69, 9.17) is 0 Å². The van der Waals surface area contributed by atoms with Gasteiger partial charge in [-0.3, -0.25) is 4.79 Å². The van der Waals surface area contributed by atoms with Gasteiger partial charge in [0.1, 0.15) is 0 Å². The molecule has 1 aliphatic rings. The molecule has 1 aliphatic heterocycles. The van der Waals surface area contributed by atoms with Crippen molar-refractivity contribution in [3.63, 3.8) is 0 Å². The fraction of sp³-hybridized carbons (Fsp3) is 0.632. The molecule has 0 atom stereocenters. The van der Waals surface area contributed by atoms with Gasteiger partial charge in [0.2, 0.25) is 15.9 Å². The summed E-state index contributed by atoms with van der Waals surface area (Å²) in [5.41, 5.74) is 1.28. The maximum atomic E-state index is 12.8. The van der Waals surface area contributed by atoms with Crippen LogP contribution in [0.1, 0.15) is 40.0 Å². The summed E-state index contributed by atoms with van der Waals surface area (Å²) in [6, 6.07) is 4.92. The van der Waals surface area contributed by atoms with Crippen molar-refractivity contribution < 1.29 is 13.2 Å². The molecule has 1 saturated heterocycles. The normalized spacial score (nSPS) is 15.1. The molecule has 0 aromatic heterocycles. The Kier molecular flexibility index (Phi) is 10.2. The largest absolute Gasteiger partial charge is 0.383 e. The van der Waals surface area contributed by atoms with Crippen LogP contribution in [0.4, 0.5) is 11.4 Å². The number of nitrogens with one attached hydrogen (secondary N) is 3. The number of hydrogen-bond donors (Lipinski definition) is 3. The van der Waals surface area contributed by atoms with E-state index in [1.807, 2.05) is 13.8 Å². The first kappa shape index (κ1) is 24.7. The fourth-order valence-electron chi connectivity index (χ4n) is 3.23. The Hall–Kier alpha value is -1.35.